The quantitative estimate of drug-likeness (QED) is 0.680. The summed E-state index contributed by atoms with van der Waals surface area (Å²) in [5.41, 5.74) is -1.000. The summed E-state index contributed by atoms with van der Waals surface area (Å²) in [6.45, 7) is 3.20. The van der Waals surface area contributed by atoms with E-state index in [1.807, 2.05) is 0 Å². The van der Waals surface area contributed by atoms with E-state index in [2.05, 4.69) is 4.98 Å². The lowest BCUT2D eigenvalue weighted by molar-refractivity contribution is 0.0542. The first-order chi connectivity index (χ1) is 4.50. The van der Waals surface area contributed by atoms with Gasteiger partial charge in [0.25, 0.3) is 5.35 Å². The fraction of sp³-hybridized carbons (Fsp3) is 0.500. The molecule has 0 saturated heterocycles. The summed E-state index contributed by atoms with van der Waals surface area (Å²) in [5, 5.41) is 9.36. The fourth-order valence-electron chi connectivity index (χ4n) is 0.536. The van der Waals surface area contributed by atoms with Crippen LogP contribution in [0.3, 0.4) is 0 Å². The molecule has 0 aromatic carbocycles. The van der Waals surface area contributed by atoms with Gasteiger partial charge in [-0.25, -0.2) is 4.98 Å². The molecular formula is C6H8ClNO2. The molecule has 0 saturated carbocycles. The highest BCUT2D eigenvalue weighted by atomic mass is 35.5. The second-order valence-corrected chi connectivity index (χ2v) is 2.86. The Morgan fingerprint density at radius 3 is 2.50 bits per heavy atom. The Balaban J connectivity index is 2.96. The SMILES string of the molecule is CC(C)(O)c1cnc(Cl)o1. The number of aromatic nitrogens is 1. The molecule has 0 spiro atoms. The van der Waals surface area contributed by atoms with Gasteiger partial charge < -0.3 is 9.52 Å². The van der Waals surface area contributed by atoms with Crippen LogP contribution in [-0.2, 0) is 5.60 Å². The van der Waals surface area contributed by atoms with Gasteiger partial charge in [-0.1, -0.05) is 0 Å². The van der Waals surface area contributed by atoms with E-state index in [4.69, 9.17) is 16.0 Å². The van der Waals surface area contributed by atoms with Crippen LogP contribution in [0.2, 0.25) is 5.35 Å². The van der Waals surface area contributed by atoms with Crippen molar-refractivity contribution in [1.29, 1.82) is 0 Å². The number of aliphatic hydroxyl groups is 1. The van der Waals surface area contributed by atoms with Crippen molar-refractivity contribution in [3.8, 4) is 0 Å². The Kier molecular flexibility index (Phi) is 1.70. The molecule has 0 atom stereocenters. The van der Waals surface area contributed by atoms with E-state index < -0.39 is 5.60 Å². The summed E-state index contributed by atoms with van der Waals surface area (Å²) in [6, 6.07) is 0. The maximum absolute atomic E-state index is 9.31. The summed E-state index contributed by atoms with van der Waals surface area (Å²) < 4.78 is 4.85. The van der Waals surface area contributed by atoms with Gasteiger partial charge in [0.2, 0.25) is 0 Å². The highest BCUT2D eigenvalue weighted by Gasteiger charge is 2.20. The monoisotopic (exact) mass is 161 g/mol. The molecule has 56 valence electrons. The molecular weight excluding hydrogens is 154 g/mol. The zero-order chi connectivity index (χ0) is 7.78. The average molecular weight is 162 g/mol. The minimum atomic E-state index is -1.000. The molecule has 1 N–H and O–H groups in total. The van der Waals surface area contributed by atoms with E-state index in [-0.39, 0.29) is 5.35 Å². The molecule has 3 nitrogen and oxygen atoms in total. The highest BCUT2D eigenvalue weighted by molar-refractivity contribution is 6.27. The normalized spacial score (nSPS) is 12.0. The van der Waals surface area contributed by atoms with E-state index in [0.717, 1.165) is 0 Å². The third-order valence-electron chi connectivity index (χ3n) is 1.08. The van der Waals surface area contributed by atoms with Gasteiger partial charge in [0.15, 0.2) is 5.76 Å². The molecule has 1 rings (SSSR count). The van der Waals surface area contributed by atoms with Crippen LogP contribution in [0.15, 0.2) is 10.6 Å². The van der Waals surface area contributed by atoms with Crippen molar-refractivity contribution in [2.45, 2.75) is 19.4 Å². The van der Waals surface area contributed by atoms with Gasteiger partial charge in [-0.3, -0.25) is 0 Å². The minimum absolute atomic E-state index is 0.0529. The lowest BCUT2D eigenvalue weighted by Crippen LogP contribution is -2.13. The molecule has 1 aromatic rings. The Labute approximate surface area is 63.6 Å². The lowest BCUT2D eigenvalue weighted by Gasteiger charge is -2.11. The molecule has 0 fully saturated rings. The van der Waals surface area contributed by atoms with Crippen molar-refractivity contribution in [2.75, 3.05) is 0 Å². The van der Waals surface area contributed by atoms with Gasteiger partial charge in [-0.05, 0) is 25.4 Å². The Morgan fingerprint density at radius 2 is 2.30 bits per heavy atom. The van der Waals surface area contributed by atoms with Gasteiger partial charge in [0.05, 0.1) is 6.20 Å². The summed E-state index contributed by atoms with van der Waals surface area (Å²) in [5.74, 6) is 0.373. The second-order valence-electron chi connectivity index (χ2n) is 2.54. The molecule has 0 aliphatic carbocycles. The number of halogens is 1. The first-order valence-electron chi connectivity index (χ1n) is 2.84. The fourth-order valence-corrected chi connectivity index (χ4v) is 0.668. The zero-order valence-corrected chi connectivity index (χ0v) is 6.51. The van der Waals surface area contributed by atoms with Gasteiger partial charge in [-0.15, -0.1) is 0 Å². The molecule has 0 radical (unpaired) electrons. The number of hydrogen-bond acceptors (Lipinski definition) is 3. The first-order valence-corrected chi connectivity index (χ1v) is 3.22. The van der Waals surface area contributed by atoms with Gasteiger partial charge >= 0.3 is 0 Å². The highest BCUT2D eigenvalue weighted by Crippen LogP contribution is 2.21. The number of rotatable bonds is 1. The van der Waals surface area contributed by atoms with Crippen LogP contribution < -0.4 is 0 Å². The van der Waals surface area contributed by atoms with Crippen LogP contribution >= 0.6 is 11.6 Å². The smallest absolute Gasteiger partial charge is 0.292 e. The molecule has 0 aliphatic rings. The third kappa shape index (κ3) is 1.49. The molecule has 4 heteroatoms. The zero-order valence-electron chi connectivity index (χ0n) is 5.76. The van der Waals surface area contributed by atoms with Crippen molar-refractivity contribution >= 4 is 11.6 Å². The second kappa shape index (κ2) is 2.25. The molecule has 0 bridgehead atoms. The molecule has 10 heavy (non-hydrogen) atoms. The molecule has 0 aliphatic heterocycles. The predicted octanol–water partition coefficient (Wildman–Crippen LogP) is 1.56. The standard InChI is InChI=1S/C6H8ClNO2/c1-6(2,9)4-3-8-5(7)10-4/h3,9H,1-2H3. The first kappa shape index (κ1) is 7.57. The molecule has 1 heterocycles. The minimum Gasteiger partial charge on any atom is -0.430 e. The third-order valence-corrected chi connectivity index (χ3v) is 1.26. The van der Waals surface area contributed by atoms with Crippen LogP contribution in [0, 0.1) is 0 Å². The van der Waals surface area contributed by atoms with Crippen LogP contribution in [0.5, 0.6) is 0 Å². The Hall–Kier alpha value is -0.540. The number of oxazole rings is 1. The lowest BCUT2D eigenvalue weighted by atomic mass is 10.1. The van der Waals surface area contributed by atoms with Crippen molar-refractivity contribution in [1.82, 2.24) is 4.98 Å². The van der Waals surface area contributed by atoms with E-state index in [1.54, 1.807) is 13.8 Å². The summed E-state index contributed by atoms with van der Waals surface area (Å²) in [4.78, 5) is 3.62. The maximum atomic E-state index is 9.31. The van der Waals surface area contributed by atoms with Crippen molar-refractivity contribution in [2.24, 2.45) is 0 Å². The van der Waals surface area contributed by atoms with E-state index in [0.29, 0.717) is 5.76 Å². The van der Waals surface area contributed by atoms with Gasteiger partial charge in [0.1, 0.15) is 5.60 Å². The number of hydrogen-bond donors (Lipinski definition) is 1. The topological polar surface area (TPSA) is 46.3 Å². The van der Waals surface area contributed by atoms with Crippen molar-refractivity contribution in [3.05, 3.63) is 17.3 Å². The van der Waals surface area contributed by atoms with Crippen LogP contribution in [0.25, 0.3) is 0 Å². The van der Waals surface area contributed by atoms with E-state index >= 15 is 0 Å². The van der Waals surface area contributed by atoms with Crippen molar-refractivity contribution in [3.63, 3.8) is 0 Å². The van der Waals surface area contributed by atoms with Crippen LogP contribution in [-0.4, -0.2) is 10.1 Å². The maximum Gasteiger partial charge on any atom is 0.292 e. The summed E-state index contributed by atoms with van der Waals surface area (Å²) in [6.07, 6.45) is 1.41. The average Bonchev–Trinajstić information content (AvgIpc) is 2.11. The van der Waals surface area contributed by atoms with Gasteiger partial charge in [-0.2, -0.15) is 0 Å². The van der Waals surface area contributed by atoms with Gasteiger partial charge in [0, 0.05) is 0 Å². The van der Waals surface area contributed by atoms with Crippen LogP contribution in [0.4, 0.5) is 0 Å². The summed E-state index contributed by atoms with van der Waals surface area (Å²) >= 11 is 5.38. The Morgan fingerprint density at radius 1 is 1.70 bits per heavy atom. The molecule has 1 aromatic heterocycles. The molecule has 0 amide bonds. The van der Waals surface area contributed by atoms with E-state index in [1.165, 1.54) is 6.20 Å². The van der Waals surface area contributed by atoms with E-state index in [9.17, 15) is 5.11 Å². The Bertz CT molecular complexity index is 226. The predicted molar refractivity (Wildman–Crippen MR) is 36.8 cm³/mol. The van der Waals surface area contributed by atoms with Crippen molar-refractivity contribution < 1.29 is 9.52 Å². The summed E-state index contributed by atoms with van der Waals surface area (Å²) in [7, 11) is 0. The molecule has 0 unspecified atom stereocenters. The largest absolute Gasteiger partial charge is 0.430 e. The van der Waals surface area contributed by atoms with Crippen LogP contribution in [0.1, 0.15) is 19.6 Å². The number of nitrogens with zero attached hydrogens (tertiary/aromatic N) is 1.